The Morgan fingerprint density at radius 2 is 1.86 bits per heavy atom. The van der Waals surface area contributed by atoms with E-state index in [1.165, 1.54) is 18.0 Å². The van der Waals surface area contributed by atoms with Gasteiger partial charge in [-0.05, 0) is 25.6 Å². The predicted molar refractivity (Wildman–Crippen MR) is 75.5 cm³/mol. The average molecular weight is 306 g/mol. The summed E-state index contributed by atoms with van der Waals surface area (Å²) in [4.78, 5) is 1.22. The van der Waals surface area contributed by atoms with E-state index >= 15 is 0 Å². The quantitative estimate of drug-likeness (QED) is 0.774. The Morgan fingerprint density at radius 1 is 1.24 bits per heavy atom. The lowest BCUT2D eigenvalue weighted by molar-refractivity contribution is -0.144. The van der Waals surface area contributed by atoms with Crippen LogP contribution in [0.4, 0.5) is 17.6 Å². The minimum atomic E-state index is -4.22. The smallest absolute Gasteiger partial charge is 0.310 e. The van der Waals surface area contributed by atoms with Crippen molar-refractivity contribution in [2.45, 2.75) is 26.1 Å². The lowest BCUT2D eigenvalue weighted by Gasteiger charge is -2.29. The number of rotatable bonds is 7. The lowest BCUT2D eigenvalue weighted by Crippen LogP contribution is -2.38. The Labute approximate surface area is 123 Å². The van der Waals surface area contributed by atoms with E-state index in [0.29, 0.717) is 12.1 Å². The average Bonchev–Trinajstić information content (AvgIpc) is 2.34. The van der Waals surface area contributed by atoms with Gasteiger partial charge in [0.2, 0.25) is 0 Å². The van der Waals surface area contributed by atoms with Crippen LogP contribution in [0.2, 0.25) is 0 Å². The zero-order valence-corrected chi connectivity index (χ0v) is 12.5. The van der Waals surface area contributed by atoms with Gasteiger partial charge < -0.3 is 5.32 Å². The van der Waals surface area contributed by atoms with Crippen LogP contribution in [0, 0.1) is 11.7 Å². The number of benzene rings is 1. The minimum Gasteiger partial charge on any atom is -0.310 e. The molecule has 2 nitrogen and oxygen atoms in total. The first-order valence-electron chi connectivity index (χ1n) is 6.97. The Kier molecular flexibility index (Phi) is 6.61. The molecular formula is C15H22F4N2. The van der Waals surface area contributed by atoms with Crippen molar-refractivity contribution in [3.63, 3.8) is 0 Å². The fourth-order valence-electron chi connectivity index (χ4n) is 2.53. The zero-order chi connectivity index (χ0) is 16.0. The molecule has 0 amide bonds. The molecule has 0 radical (unpaired) electrons. The molecule has 6 heteroatoms. The number of nitrogens with zero attached hydrogens (tertiary/aromatic N) is 1. The summed E-state index contributed by atoms with van der Waals surface area (Å²) in [5.41, 5.74) is 0.493. The molecule has 0 fully saturated rings. The fraction of sp³-hybridized carbons (Fsp3) is 0.600. The number of hydrogen-bond donors (Lipinski definition) is 1. The van der Waals surface area contributed by atoms with Crippen LogP contribution in [-0.4, -0.2) is 37.8 Å². The van der Waals surface area contributed by atoms with Crippen molar-refractivity contribution in [1.82, 2.24) is 10.2 Å². The van der Waals surface area contributed by atoms with Gasteiger partial charge in [0.15, 0.2) is 0 Å². The first-order valence-corrected chi connectivity index (χ1v) is 6.97. The largest absolute Gasteiger partial charge is 0.401 e. The highest BCUT2D eigenvalue weighted by atomic mass is 19.4. The molecule has 0 spiro atoms. The SMILES string of the molecule is CCNC(c1ccccc1F)C(C)CN(C)CC(F)(F)F. The molecule has 0 aromatic heterocycles. The Bertz CT molecular complexity index is 434. The first kappa shape index (κ1) is 17.9. The molecule has 0 saturated heterocycles. The van der Waals surface area contributed by atoms with Gasteiger partial charge in [-0.1, -0.05) is 32.0 Å². The van der Waals surface area contributed by atoms with Crippen LogP contribution in [-0.2, 0) is 0 Å². The molecule has 2 atom stereocenters. The highest BCUT2D eigenvalue weighted by Crippen LogP contribution is 2.26. The Balaban J connectivity index is 2.79. The Hall–Kier alpha value is -1.14. The predicted octanol–water partition coefficient (Wildman–Crippen LogP) is 3.61. The molecule has 0 saturated carbocycles. The summed E-state index contributed by atoms with van der Waals surface area (Å²) in [6, 6.07) is 6.05. The highest BCUT2D eigenvalue weighted by Gasteiger charge is 2.31. The normalized spacial score (nSPS) is 15.2. The molecule has 120 valence electrons. The van der Waals surface area contributed by atoms with Crippen LogP contribution in [0.15, 0.2) is 24.3 Å². The van der Waals surface area contributed by atoms with E-state index < -0.39 is 12.7 Å². The van der Waals surface area contributed by atoms with E-state index in [1.807, 2.05) is 13.8 Å². The van der Waals surface area contributed by atoms with Gasteiger partial charge in [-0.15, -0.1) is 0 Å². The van der Waals surface area contributed by atoms with E-state index in [-0.39, 0.29) is 24.3 Å². The summed E-state index contributed by atoms with van der Waals surface area (Å²) < 4.78 is 51.0. The molecule has 1 N–H and O–H groups in total. The Morgan fingerprint density at radius 3 is 2.38 bits per heavy atom. The van der Waals surface area contributed by atoms with Gasteiger partial charge in [-0.2, -0.15) is 13.2 Å². The highest BCUT2D eigenvalue weighted by molar-refractivity contribution is 5.22. The molecule has 0 heterocycles. The van der Waals surface area contributed by atoms with Crippen LogP contribution in [0.25, 0.3) is 0 Å². The van der Waals surface area contributed by atoms with Gasteiger partial charge in [0.25, 0.3) is 0 Å². The molecule has 1 aromatic carbocycles. The molecule has 2 unspecified atom stereocenters. The third kappa shape index (κ3) is 6.01. The fourth-order valence-corrected chi connectivity index (χ4v) is 2.53. The number of alkyl halides is 3. The summed E-state index contributed by atoms with van der Waals surface area (Å²) in [6.45, 7) is 3.60. The zero-order valence-electron chi connectivity index (χ0n) is 12.5. The van der Waals surface area contributed by atoms with Crippen molar-refractivity contribution >= 4 is 0 Å². The van der Waals surface area contributed by atoms with E-state index in [9.17, 15) is 17.6 Å². The van der Waals surface area contributed by atoms with Crippen LogP contribution in [0.1, 0.15) is 25.5 Å². The maximum absolute atomic E-state index is 13.9. The van der Waals surface area contributed by atoms with Gasteiger partial charge in [-0.3, -0.25) is 4.90 Å². The van der Waals surface area contributed by atoms with E-state index in [4.69, 9.17) is 0 Å². The monoisotopic (exact) mass is 306 g/mol. The molecule has 21 heavy (non-hydrogen) atoms. The molecule has 0 aliphatic heterocycles. The van der Waals surface area contributed by atoms with Crippen molar-refractivity contribution in [2.75, 3.05) is 26.7 Å². The minimum absolute atomic E-state index is 0.158. The van der Waals surface area contributed by atoms with Crippen molar-refractivity contribution < 1.29 is 17.6 Å². The molecule has 1 aromatic rings. The topological polar surface area (TPSA) is 15.3 Å². The van der Waals surface area contributed by atoms with Crippen LogP contribution in [0.5, 0.6) is 0 Å². The summed E-state index contributed by atoms with van der Waals surface area (Å²) >= 11 is 0. The van der Waals surface area contributed by atoms with Crippen LogP contribution < -0.4 is 5.32 Å². The van der Waals surface area contributed by atoms with Crippen LogP contribution >= 0.6 is 0 Å². The van der Waals surface area contributed by atoms with Crippen molar-refractivity contribution in [3.8, 4) is 0 Å². The van der Waals surface area contributed by atoms with Gasteiger partial charge in [-0.25, -0.2) is 4.39 Å². The molecule has 0 aliphatic carbocycles. The first-order chi connectivity index (χ1) is 9.74. The summed E-state index contributed by atoms with van der Waals surface area (Å²) in [7, 11) is 1.42. The number of hydrogen-bond acceptors (Lipinski definition) is 2. The molecule has 0 aliphatic rings. The number of nitrogens with one attached hydrogen (secondary N) is 1. The summed E-state index contributed by atoms with van der Waals surface area (Å²) in [6.07, 6.45) is -4.22. The number of halogens is 4. The summed E-state index contributed by atoms with van der Waals surface area (Å²) in [5, 5.41) is 3.16. The van der Waals surface area contributed by atoms with E-state index in [0.717, 1.165) is 0 Å². The van der Waals surface area contributed by atoms with Crippen molar-refractivity contribution in [3.05, 3.63) is 35.6 Å². The maximum atomic E-state index is 13.9. The van der Waals surface area contributed by atoms with Gasteiger partial charge in [0, 0.05) is 18.2 Å². The van der Waals surface area contributed by atoms with E-state index in [2.05, 4.69) is 5.32 Å². The molecule has 0 bridgehead atoms. The second-order valence-electron chi connectivity index (χ2n) is 5.35. The summed E-state index contributed by atoms with van der Waals surface area (Å²) in [5.74, 6) is -0.497. The standard InChI is InChI=1S/C15H22F4N2/c1-4-20-14(12-7-5-6-8-13(12)16)11(2)9-21(3)10-15(17,18)19/h5-8,11,14,20H,4,9-10H2,1-3H3. The van der Waals surface area contributed by atoms with Gasteiger partial charge in [0.1, 0.15) is 5.82 Å². The van der Waals surface area contributed by atoms with Crippen molar-refractivity contribution in [2.24, 2.45) is 5.92 Å². The van der Waals surface area contributed by atoms with Crippen molar-refractivity contribution in [1.29, 1.82) is 0 Å². The third-order valence-electron chi connectivity index (χ3n) is 3.28. The van der Waals surface area contributed by atoms with Gasteiger partial charge >= 0.3 is 6.18 Å². The lowest BCUT2D eigenvalue weighted by atomic mass is 9.93. The maximum Gasteiger partial charge on any atom is 0.401 e. The molecular weight excluding hydrogens is 284 g/mol. The third-order valence-corrected chi connectivity index (χ3v) is 3.28. The molecule has 1 rings (SSSR count). The second-order valence-corrected chi connectivity index (χ2v) is 5.35. The van der Waals surface area contributed by atoms with Crippen LogP contribution in [0.3, 0.4) is 0 Å². The van der Waals surface area contributed by atoms with Gasteiger partial charge in [0.05, 0.1) is 6.54 Å². The van der Waals surface area contributed by atoms with E-state index in [1.54, 1.807) is 18.2 Å². The second kappa shape index (κ2) is 7.75.